The maximum absolute atomic E-state index is 12.5. The highest BCUT2D eigenvalue weighted by Crippen LogP contribution is 2.21. The third-order valence-corrected chi connectivity index (χ3v) is 5.08. The maximum atomic E-state index is 12.5. The normalized spacial score (nSPS) is 18.1. The second-order valence-electron chi connectivity index (χ2n) is 7.40. The van der Waals surface area contributed by atoms with Crippen LogP contribution in [0.15, 0.2) is 42.5 Å². The molecule has 1 aliphatic rings. The summed E-state index contributed by atoms with van der Waals surface area (Å²) in [6, 6.07) is 14.1. The van der Waals surface area contributed by atoms with Gasteiger partial charge in [0.25, 0.3) is 5.91 Å². The van der Waals surface area contributed by atoms with E-state index in [0.717, 1.165) is 29.3 Å². The Kier molecular flexibility index (Phi) is 5.54. The van der Waals surface area contributed by atoms with E-state index in [4.69, 9.17) is 0 Å². The SMILES string of the molecule is Cc1cccc(C)c1NC(=O)c1ccc(CN2CCC[C@H](C)C2)cc1. The first-order valence-electron chi connectivity index (χ1n) is 9.22. The molecule has 1 amide bonds. The van der Waals surface area contributed by atoms with Crippen LogP contribution in [0.5, 0.6) is 0 Å². The molecule has 2 aromatic rings. The lowest BCUT2D eigenvalue weighted by atomic mass is 9.99. The van der Waals surface area contributed by atoms with Crippen molar-refractivity contribution in [3.05, 3.63) is 64.7 Å². The van der Waals surface area contributed by atoms with Crippen molar-refractivity contribution >= 4 is 11.6 Å². The Hall–Kier alpha value is -2.13. The van der Waals surface area contributed by atoms with Crippen LogP contribution in [0.2, 0.25) is 0 Å². The highest BCUT2D eigenvalue weighted by atomic mass is 16.1. The number of rotatable bonds is 4. The van der Waals surface area contributed by atoms with Gasteiger partial charge in [-0.1, -0.05) is 37.3 Å². The quantitative estimate of drug-likeness (QED) is 0.871. The lowest BCUT2D eigenvalue weighted by molar-refractivity contribution is 0.102. The van der Waals surface area contributed by atoms with Gasteiger partial charge in [-0.15, -0.1) is 0 Å². The van der Waals surface area contributed by atoms with Crippen molar-refractivity contribution in [3.8, 4) is 0 Å². The van der Waals surface area contributed by atoms with Crippen LogP contribution in [0, 0.1) is 19.8 Å². The molecule has 0 spiro atoms. The molecule has 1 saturated heterocycles. The number of aryl methyl sites for hydroxylation is 2. The molecule has 0 saturated carbocycles. The molecule has 1 N–H and O–H groups in total. The van der Waals surface area contributed by atoms with E-state index in [-0.39, 0.29) is 5.91 Å². The second kappa shape index (κ2) is 7.83. The van der Waals surface area contributed by atoms with E-state index in [1.807, 2.05) is 44.2 Å². The predicted octanol–water partition coefficient (Wildman–Crippen LogP) is 4.79. The molecule has 1 fully saturated rings. The number of hydrogen-bond acceptors (Lipinski definition) is 2. The first-order valence-corrected chi connectivity index (χ1v) is 9.22. The summed E-state index contributed by atoms with van der Waals surface area (Å²) < 4.78 is 0. The van der Waals surface area contributed by atoms with E-state index in [2.05, 4.69) is 29.3 Å². The van der Waals surface area contributed by atoms with E-state index in [1.54, 1.807) is 0 Å². The van der Waals surface area contributed by atoms with Crippen molar-refractivity contribution in [3.63, 3.8) is 0 Å². The molecular formula is C22H28N2O. The summed E-state index contributed by atoms with van der Waals surface area (Å²) in [5.74, 6) is 0.742. The minimum Gasteiger partial charge on any atom is -0.322 e. The van der Waals surface area contributed by atoms with E-state index in [0.29, 0.717) is 5.56 Å². The molecule has 0 bridgehead atoms. The number of carbonyl (C=O) groups is 1. The topological polar surface area (TPSA) is 32.3 Å². The number of nitrogens with zero attached hydrogens (tertiary/aromatic N) is 1. The summed E-state index contributed by atoms with van der Waals surface area (Å²) in [6.07, 6.45) is 2.63. The fraction of sp³-hybridized carbons (Fsp3) is 0.409. The summed E-state index contributed by atoms with van der Waals surface area (Å²) >= 11 is 0. The van der Waals surface area contributed by atoms with Crippen molar-refractivity contribution in [1.82, 2.24) is 4.90 Å². The number of benzene rings is 2. The van der Waals surface area contributed by atoms with E-state index < -0.39 is 0 Å². The minimum atomic E-state index is -0.0458. The van der Waals surface area contributed by atoms with Gasteiger partial charge in [-0.2, -0.15) is 0 Å². The Morgan fingerprint density at radius 2 is 1.80 bits per heavy atom. The Morgan fingerprint density at radius 3 is 2.44 bits per heavy atom. The fourth-order valence-corrected chi connectivity index (χ4v) is 3.65. The molecule has 0 aromatic heterocycles. The van der Waals surface area contributed by atoms with Gasteiger partial charge in [0.2, 0.25) is 0 Å². The van der Waals surface area contributed by atoms with Gasteiger partial charge in [-0.05, 0) is 68.0 Å². The largest absolute Gasteiger partial charge is 0.322 e. The molecule has 3 rings (SSSR count). The van der Waals surface area contributed by atoms with E-state index in [9.17, 15) is 4.79 Å². The third kappa shape index (κ3) is 4.49. The Balaban J connectivity index is 1.64. The molecule has 1 aliphatic heterocycles. The van der Waals surface area contributed by atoms with E-state index >= 15 is 0 Å². The highest BCUT2D eigenvalue weighted by molar-refractivity contribution is 6.05. The molecule has 132 valence electrons. The standard InChI is InChI=1S/C22H28N2O/c1-16-6-5-13-24(14-16)15-19-9-11-20(12-10-19)22(25)23-21-17(2)7-4-8-18(21)3/h4,7-12,16H,5-6,13-15H2,1-3H3,(H,23,25)/t16-/m0/s1. The summed E-state index contributed by atoms with van der Waals surface area (Å²) in [4.78, 5) is 15.1. The third-order valence-electron chi connectivity index (χ3n) is 5.08. The molecule has 0 unspecified atom stereocenters. The average molecular weight is 336 g/mol. The molecule has 0 aliphatic carbocycles. The van der Waals surface area contributed by atoms with Crippen LogP contribution in [0.4, 0.5) is 5.69 Å². The highest BCUT2D eigenvalue weighted by Gasteiger charge is 2.16. The molecule has 1 heterocycles. The van der Waals surface area contributed by atoms with Crippen LogP contribution < -0.4 is 5.32 Å². The van der Waals surface area contributed by atoms with Gasteiger partial charge in [-0.3, -0.25) is 9.69 Å². The fourth-order valence-electron chi connectivity index (χ4n) is 3.65. The lowest BCUT2D eigenvalue weighted by Gasteiger charge is -2.30. The van der Waals surface area contributed by atoms with Gasteiger partial charge in [0.15, 0.2) is 0 Å². The monoisotopic (exact) mass is 336 g/mol. The lowest BCUT2D eigenvalue weighted by Crippen LogP contribution is -2.33. The van der Waals surface area contributed by atoms with E-state index in [1.165, 1.54) is 31.5 Å². The number of amides is 1. The molecule has 3 heteroatoms. The number of para-hydroxylation sites is 1. The van der Waals surface area contributed by atoms with Crippen molar-refractivity contribution < 1.29 is 4.79 Å². The zero-order valence-corrected chi connectivity index (χ0v) is 15.5. The van der Waals surface area contributed by atoms with Crippen molar-refractivity contribution in [2.45, 2.75) is 40.2 Å². The molecular weight excluding hydrogens is 308 g/mol. The van der Waals surface area contributed by atoms with Crippen molar-refractivity contribution in [2.24, 2.45) is 5.92 Å². The average Bonchev–Trinajstić information content (AvgIpc) is 2.59. The molecule has 2 aromatic carbocycles. The summed E-state index contributed by atoms with van der Waals surface area (Å²) in [7, 11) is 0. The second-order valence-corrected chi connectivity index (χ2v) is 7.40. The smallest absolute Gasteiger partial charge is 0.255 e. The Morgan fingerprint density at radius 1 is 1.12 bits per heavy atom. The van der Waals surface area contributed by atoms with Crippen LogP contribution in [-0.4, -0.2) is 23.9 Å². The molecule has 0 radical (unpaired) electrons. The number of nitrogens with one attached hydrogen (secondary N) is 1. The van der Waals surface area contributed by atoms with Crippen LogP contribution >= 0.6 is 0 Å². The van der Waals surface area contributed by atoms with Crippen LogP contribution in [0.3, 0.4) is 0 Å². The maximum Gasteiger partial charge on any atom is 0.255 e. The summed E-state index contributed by atoms with van der Waals surface area (Å²) in [5, 5.41) is 3.05. The van der Waals surface area contributed by atoms with Crippen LogP contribution in [0.25, 0.3) is 0 Å². The zero-order valence-electron chi connectivity index (χ0n) is 15.5. The molecule has 25 heavy (non-hydrogen) atoms. The summed E-state index contributed by atoms with van der Waals surface area (Å²) in [5.41, 5.74) is 5.07. The van der Waals surface area contributed by atoms with Gasteiger partial charge in [0.1, 0.15) is 0 Å². The molecule has 1 atom stereocenters. The predicted molar refractivity (Wildman–Crippen MR) is 104 cm³/mol. The Bertz CT molecular complexity index is 716. The number of likely N-dealkylation sites (tertiary alicyclic amines) is 1. The number of hydrogen-bond donors (Lipinski definition) is 1. The first-order chi connectivity index (χ1) is 12.0. The van der Waals surface area contributed by atoms with Gasteiger partial charge >= 0.3 is 0 Å². The number of carbonyl (C=O) groups excluding carboxylic acids is 1. The van der Waals surface area contributed by atoms with Gasteiger partial charge in [0, 0.05) is 24.3 Å². The zero-order chi connectivity index (χ0) is 17.8. The number of piperidine rings is 1. The number of anilines is 1. The van der Waals surface area contributed by atoms with Crippen molar-refractivity contribution in [2.75, 3.05) is 18.4 Å². The minimum absolute atomic E-state index is 0.0458. The van der Waals surface area contributed by atoms with Crippen molar-refractivity contribution in [1.29, 1.82) is 0 Å². The van der Waals surface area contributed by atoms with Gasteiger partial charge in [0.05, 0.1) is 0 Å². The van der Waals surface area contributed by atoms with Crippen LogP contribution in [-0.2, 0) is 6.54 Å². The van der Waals surface area contributed by atoms with Crippen LogP contribution in [0.1, 0.15) is 46.8 Å². The van der Waals surface area contributed by atoms with Gasteiger partial charge in [-0.25, -0.2) is 0 Å². The first kappa shape index (κ1) is 17.7. The summed E-state index contributed by atoms with van der Waals surface area (Å²) in [6.45, 7) is 9.70. The Labute approximate surface area is 151 Å². The van der Waals surface area contributed by atoms with Gasteiger partial charge < -0.3 is 5.32 Å². The molecule has 3 nitrogen and oxygen atoms in total.